The van der Waals surface area contributed by atoms with E-state index in [1.54, 1.807) is 0 Å². The van der Waals surface area contributed by atoms with Gasteiger partial charge in [-0.1, -0.05) is 23.2 Å². The second-order valence-electron chi connectivity index (χ2n) is 6.57. The number of ether oxygens (including phenoxy) is 3. The molecule has 0 spiro atoms. The summed E-state index contributed by atoms with van der Waals surface area (Å²) in [4.78, 5) is 26.5. The summed E-state index contributed by atoms with van der Waals surface area (Å²) in [7, 11) is 1.25. The van der Waals surface area contributed by atoms with E-state index in [2.05, 4.69) is 10.2 Å². The highest BCUT2D eigenvalue weighted by Crippen LogP contribution is 2.31. The van der Waals surface area contributed by atoms with Crippen molar-refractivity contribution in [3.63, 3.8) is 0 Å². The Morgan fingerprint density at radius 3 is 2.52 bits per heavy atom. The number of benzene rings is 1. The van der Waals surface area contributed by atoms with Crippen molar-refractivity contribution in [2.45, 2.75) is 19.1 Å². The van der Waals surface area contributed by atoms with Crippen LogP contribution in [0.4, 0.5) is 5.69 Å². The molecule has 3 rings (SSSR count). The molecule has 0 saturated carbocycles. The lowest BCUT2D eigenvalue weighted by Crippen LogP contribution is -2.42. The van der Waals surface area contributed by atoms with Crippen LogP contribution < -0.4 is 5.32 Å². The molecule has 0 aromatic heterocycles. The number of anilines is 1. The first-order valence-corrected chi connectivity index (χ1v) is 9.56. The van der Waals surface area contributed by atoms with Crippen LogP contribution in [-0.2, 0) is 19.0 Å². The molecule has 2 aliphatic heterocycles. The number of piperidine rings is 1. The van der Waals surface area contributed by atoms with Gasteiger partial charge in [-0.2, -0.15) is 0 Å². The third-order valence-corrected chi connectivity index (χ3v) is 5.27. The van der Waals surface area contributed by atoms with Crippen LogP contribution in [0.3, 0.4) is 0 Å². The summed E-state index contributed by atoms with van der Waals surface area (Å²) in [6.07, 6.45) is 1.71. The standard InChI is InChI=1S/C18H22Cl2N2O5/c1-25-17(24)13-8-12(19)9-14(20)16(13)21-15(23)10-22-4-2-11(3-5-22)18-26-6-7-27-18/h8-9,11,18H,2-7,10H2,1H3,(H,21,23). The van der Waals surface area contributed by atoms with Crippen LogP contribution in [0.2, 0.25) is 10.0 Å². The fraction of sp³-hybridized carbons (Fsp3) is 0.556. The number of amides is 1. The normalized spacial score (nSPS) is 19.2. The van der Waals surface area contributed by atoms with Crippen molar-refractivity contribution in [3.8, 4) is 0 Å². The van der Waals surface area contributed by atoms with E-state index in [0.717, 1.165) is 25.9 Å². The maximum absolute atomic E-state index is 12.5. The van der Waals surface area contributed by atoms with Gasteiger partial charge in [0.05, 0.1) is 43.1 Å². The molecular formula is C18H22Cl2N2O5. The summed E-state index contributed by atoms with van der Waals surface area (Å²) < 4.78 is 15.9. The molecule has 0 radical (unpaired) electrons. The number of rotatable bonds is 5. The molecular weight excluding hydrogens is 395 g/mol. The minimum Gasteiger partial charge on any atom is -0.465 e. The molecule has 1 N–H and O–H groups in total. The predicted molar refractivity (Wildman–Crippen MR) is 101 cm³/mol. The number of hydrogen-bond acceptors (Lipinski definition) is 6. The van der Waals surface area contributed by atoms with Crippen LogP contribution >= 0.6 is 23.2 Å². The van der Waals surface area contributed by atoms with E-state index < -0.39 is 5.97 Å². The lowest BCUT2D eigenvalue weighted by Gasteiger charge is -2.33. The minimum atomic E-state index is -0.618. The van der Waals surface area contributed by atoms with E-state index in [9.17, 15) is 9.59 Å². The molecule has 2 saturated heterocycles. The zero-order chi connectivity index (χ0) is 19.4. The molecule has 2 heterocycles. The number of carbonyl (C=O) groups excluding carboxylic acids is 2. The Hall–Kier alpha value is -1.38. The molecule has 0 unspecified atom stereocenters. The van der Waals surface area contributed by atoms with Crippen molar-refractivity contribution in [2.75, 3.05) is 45.3 Å². The second-order valence-corrected chi connectivity index (χ2v) is 7.42. The van der Waals surface area contributed by atoms with Crippen molar-refractivity contribution in [1.29, 1.82) is 0 Å². The maximum atomic E-state index is 12.5. The molecule has 1 aromatic carbocycles. The Morgan fingerprint density at radius 2 is 1.89 bits per heavy atom. The molecule has 0 bridgehead atoms. The Balaban J connectivity index is 1.58. The number of nitrogens with zero attached hydrogens (tertiary/aromatic N) is 1. The molecule has 7 nitrogen and oxygen atoms in total. The lowest BCUT2D eigenvalue weighted by atomic mass is 9.96. The first-order chi connectivity index (χ1) is 13.0. The maximum Gasteiger partial charge on any atom is 0.340 e. The van der Waals surface area contributed by atoms with E-state index in [1.807, 2.05) is 0 Å². The zero-order valence-electron chi connectivity index (χ0n) is 15.0. The van der Waals surface area contributed by atoms with Gasteiger partial charge < -0.3 is 19.5 Å². The third kappa shape index (κ3) is 5.12. The fourth-order valence-electron chi connectivity index (χ4n) is 3.39. The minimum absolute atomic E-state index is 0.114. The zero-order valence-corrected chi connectivity index (χ0v) is 16.5. The van der Waals surface area contributed by atoms with Gasteiger partial charge in [-0.15, -0.1) is 0 Å². The van der Waals surface area contributed by atoms with Gasteiger partial charge >= 0.3 is 5.97 Å². The molecule has 1 amide bonds. The van der Waals surface area contributed by atoms with E-state index in [4.69, 9.17) is 37.4 Å². The molecule has 148 valence electrons. The second kappa shape index (κ2) is 9.21. The van der Waals surface area contributed by atoms with Crippen molar-refractivity contribution >= 4 is 40.8 Å². The molecule has 2 fully saturated rings. The molecule has 2 aliphatic rings. The summed E-state index contributed by atoms with van der Waals surface area (Å²) in [6.45, 7) is 3.06. The van der Waals surface area contributed by atoms with Crippen molar-refractivity contribution in [2.24, 2.45) is 5.92 Å². The van der Waals surface area contributed by atoms with Gasteiger partial charge in [-0.05, 0) is 38.1 Å². The number of likely N-dealkylation sites (tertiary alicyclic amines) is 1. The van der Waals surface area contributed by atoms with Gasteiger partial charge in [0.15, 0.2) is 6.29 Å². The molecule has 9 heteroatoms. The Kier molecular flexibility index (Phi) is 6.94. The third-order valence-electron chi connectivity index (χ3n) is 4.76. The number of halogens is 2. The summed E-state index contributed by atoms with van der Waals surface area (Å²) in [5, 5.41) is 3.19. The smallest absolute Gasteiger partial charge is 0.340 e. The van der Waals surface area contributed by atoms with E-state index in [1.165, 1.54) is 19.2 Å². The fourth-order valence-corrected chi connectivity index (χ4v) is 3.93. The first-order valence-electron chi connectivity index (χ1n) is 8.80. The van der Waals surface area contributed by atoms with Gasteiger partial charge in [0, 0.05) is 10.9 Å². The average Bonchev–Trinajstić information content (AvgIpc) is 3.18. The number of methoxy groups -OCH3 is 1. The van der Waals surface area contributed by atoms with Gasteiger partial charge in [-0.3, -0.25) is 9.69 Å². The molecule has 27 heavy (non-hydrogen) atoms. The molecule has 0 aliphatic carbocycles. The van der Waals surface area contributed by atoms with Crippen LogP contribution in [-0.4, -0.2) is 63.0 Å². The Morgan fingerprint density at radius 1 is 1.22 bits per heavy atom. The SMILES string of the molecule is COC(=O)c1cc(Cl)cc(Cl)c1NC(=O)CN1CCC(C2OCCO2)CC1. The quantitative estimate of drug-likeness (QED) is 0.743. The van der Waals surface area contributed by atoms with E-state index in [-0.39, 0.29) is 40.0 Å². The van der Waals surface area contributed by atoms with Crippen LogP contribution in [0.5, 0.6) is 0 Å². The van der Waals surface area contributed by atoms with Crippen molar-refractivity contribution in [1.82, 2.24) is 4.90 Å². The number of carbonyl (C=O) groups is 2. The summed E-state index contributed by atoms with van der Waals surface area (Å²) in [5.41, 5.74) is 0.332. The van der Waals surface area contributed by atoms with Crippen LogP contribution in [0.1, 0.15) is 23.2 Å². The van der Waals surface area contributed by atoms with Gasteiger partial charge in [0.1, 0.15) is 0 Å². The van der Waals surface area contributed by atoms with Gasteiger partial charge in [0.2, 0.25) is 5.91 Å². The van der Waals surface area contributed by atoms with Gasteiger partial charge in [0.25, 0.3) is 0 Å². The van der Waals surface area contributed by atoms with Crippen LogP contribution in [0, 0.1) is 5.92 Å². The average molecular weight is 417 g/mol. The Bertz CT molecular complexity index is 701. The van der Waals surface area contributed by atoms with Crippen molar-refractivity contribution in [3.05, 3.63) is 27.7 Å². The highest BCUT2D eigenvalue weighted by Gasteiger charge is 2.31. The monoisotopic (exact) mass is 416 g/mol. The topological polar surface area (TPSA) is 77.1 Å². The lowest BCUT2D eigenvalue weighted by molar-refractivity contribution is -0.119. The van der Waals surface area contributed by atoms with Gasteiger partial charge in [-0.25, -0.2) is 4.79 Å². The number of nitrogens with one attached hydrogen (secondary N) is 1. The van der Waals surface area contributed by atoms with E-state index >= 15 is 0 Å². The highest BCUT2D eigenvalue weighted by molar-refractivity contribution is 6.37. The number of hydrogen-bond donors (Lipinski definition) is 1. The van der Waals surface area contributed by atoms with Crippen LogP contribution in [0.15, 0.2) is 12.1 Å². The molecule has 1 aromatic rings. The van der Waals surface area contributed by atoms with Crippen LogP contribution in [0.25, 0.3) is 0 Å². The highest BCUT2D eigenvalue weighted by atomic mass is 35.5. The van der Waals surface area contributed by atoms with E-state index in [0.29, 0.717) is 19.1 Å². The summed E-state index contributed by atoms with van der Waals surface area (Å²) in [6, 6.07) is 2.89. The first kappa shape index (κ1) is 20.4. The number of esters is 1. The Labute approximate surface area is 167 Å². The molecule has 0 atom stereocenters. The summed E-state index contributed by atoms with van der Waals surface area (Å²) in [5.74, 6) is -0.508. The largest absolute Gasteiger partial charge is 0.465 e. The predicted octanol–water partition coefficient (Wildman–Crippen LogP) is 2.80. The summed E-state index contributed by atoms with van der Waals surface area (Å²) >= 11 is 12.1. The van der Waals surface area contributed by atoms with Crippen molar-refractivity contribution < 1.29 is 23.8 Å².